The van der Waals surface area contributed by atoms with Gasteiger partial charge in [0, 0.05) is 20.2 Å². The zero-order valence-electron chi connectivity index (χ0n) is 14.8. The summed E-state index contributed by atoms with van der Waals surface area (Å²) < 4.78 is 5.56. The molecule has 0 bridgehead atoms. The molecule has 0 aliphatic rings. The zero-order valence-corrected chi connectivity index (χ0v) is 14.8. The number of guanidine groups is 1. The molecule has 0 saturated heterocycles. The summed E-state index contributed by atoms with van der Waals surface area (Å²) in [5, 5.41) is 15.4. The molecule has 1 atom stereocenters. The van der Waals surface area contributed by atoms with Gasteiger partial charge in [0.2, 0.25) is 0 Å². The minimum Gasteiger partial charge on any atom is -0.379 e. The predicted molar refractivity (Wildman–Crippen MR) is 94.2 cm³/mol. The first-order chi connectivity index (χ1) is 10.9. The summed E-state index contributed by atoms with van der Waals surface area (Å²) in [6.07, 6.45) is 0.0984. The van der Waals surface area contributed by atoms with E-state index < -0.39 is 0 Å². The Balaban J connectivity index is 2.67. The van der Waals surface area contributed by atoms with Crippen molar-refractivity contribution in [2.45, 2.75) is 40.3 Å². The smallest absolute Gasteiger partial charge is 0.191 e. The van der Waals surface area contributed by atoms with E-state index in [4.69, 9.17) is 10.00 Å². The van der Waals surface area contributed by atoms with Crippen LogP contribution in [0.5, 0.6) is 0 Å². The van der Waals surface area contributed by atoms with Gasteiger partial charge in [-0.1, -0.05) is 32.9 Å². The zero-order chi connectivity index (χ0) is 17.3. The van der Waals surface area contributed by atoms with E-state index in [9.17, 15) is 0 Å². The number of hydrogen-bond donors (Lipinski definition) is 2. The minimum absolute atomic E-state index is 0.0617. The van der Waals surface area contributed by atoms with Gasteiger partial charge in [-0.15, -0.1) is 0 Å². The second kappa shape index (κ2) is 9.16. The number of aliphatic imine (C=N–C) groups is 1. The first-order valence-electron chi connectivity index (χ1n) is 7.94. The van der Waals surface area contributed by atoms with E-state index in [-0.39, 0.29) is 11.5 Å². The molecular weight excluding hydrogens is 288 g/mol. The summed E-state index contributed by atoms with van der Waals surface area (Å²) in [4.78, 5) is 4.58. The lowest BCUT2D eigenvalue weighted by molar-refractivity contribution is 0.0205. The SMILES string of the molecule is CCNC(=NCc1ccc(C#N)cc1)NCC(OC)C(C)(C)C. The second-order valence-electron chi connectivity index (χ2n) is 6.48. The number of methoxy groups -OCH3 is 1. The summed E-state index contributed by atoms with van der Waals surface area (Å²) in [5.41, 5.74) is 1.79. The number of nitrogens with zero attached hydrogens (tertiary/aromatic N) is 2. The van der Waals surface area contributed by atoms with Gasteiger partial charge in [-0.25, -0.2) is 4.99 Å². The monoisotopic (exact) mass is 316 g/mol. The average molecular weight is 316 g/mol. The van der Waals surface area contributed by atoms with Crippen molar-refractivity contribution in [1.29, 1.82) is 5.26 Å². The van der Waals surface area contributed by atoms with Crippen molar-refractivity contribution in [3.8, 4) is 6.07 Å². The molecular formula is C18H28N4O. The number of hydrogen-bond acceptors (Lipinski definition) is 3. The van der Waals surface area contributed by atoms with E-state index in [0.717, 1.165) is 18.1 Å². The fourth-order valence-electron chi connectivity index (χ4n) is 2.13. The van der Waals surface area contributed by atoms with Crippen molar-refractivity contribution in [2.24, 2.45) is 10.4 Å². The van der Waals surface area contributed by atoms with Crippen LogP contribution in [-0.2, 0) is 11.3 Å². The van der Waals surface area contributed by atoms with Crippen molar-refractivity contribution in [1.82, 2.24) is 10.6 Å². The third kappa shape index (κ3) is 6.70. The molecule has 0 fully saturated rings. The van der Waals surface area contributed by atoms with Gasteiger partial charge >= 0.3 is 0 Å². The molecule has 1 aromatic carbocycles. The molecule has 5 nitrogen and oxygen atoms in total. The van der Waals surface area contributed by atoms with E-state index in [1.807, 2.05) is 31.2 Å². The Hall–Kier alpha value is -2.06. The van der Waals surface area contributed by atoms with E-state index in [1.165, 1.54) is 0 Å². The Morgan fingerprint density at radius 2 is 1.91 bits per heavy atom. The van der Waals surface area contributed by atoms with Crippen molar-refractivity contribution in [3.63, 3.8) is 0 Å². The summed E-state index contributed by atoms with van der Waals surface area (Å²) in [6, 6.07) is 9.60. The fourth-order valence-corrected chi connectivity index (χ4v) is 2.13. The highest BCUT2D eigenvalue weighted by Gasteiger charge is 2.24. The van der Waals surface area contributed by atoms with Crippen LogP contribution in [0.4, 0.5) is 0 Å². The van der Waals surface area contributed by atoms with Crippen LogP contribution in [0.3, 0.4) is 0 Å². The number of benzene rings is 1. The van der Waals surface area contributed by atoms with Crippen molar-refractivity contribution in [3.05, 3.63) is 35.4 Å². The lowest BCUT2D eigenvalue weighted by Gasteiger charge is -2.30. The van der Waals surface area contributed by atoms with Crippen LogP contribution in [0.2, 0.25) is 0 Å². The summed E-state index contributed by atoms with van der Waals surface area (Å²) >= 11 is 0. The van der Waals surface area contributed by atoms with Gasteiger partial charge in [0.15, 0.2) is 5.96 Å². The second-order valence-corrected chi connectivity index (χ2v) is 6.48. The molecule has 1 unspecified atom stereocenters. The summed E-state index contributed by atoms with van der Waals surface area (Å²) in [5.74, 6) is 0.767. The van der Waals surface area contributed by atoms with Crippen molar-refractivity contribution >= 4 is 5.96 Å². The molecule has 126 valence electrons. The highest BCUT2D eigenvalue weighted by Crippen LogP contribution is 2.20. The van der Waals surface area contributed by atoms with Crippen LogP contribution in [0, 0.1) is 16.7 Å². The Bertz CT molecular complexity index is 538. The molecule has 0 amide bonds. The maximum atomic E-state index is 8.82. The van der Waals surface area contributed by atoms with E-state index >= 15 is 0 Å². The highest BCUT2D eigenvalue weighted by atomic mass is 16.5. The number of nitriles is 1. The standard InChI is InChI=1S/C18H28N4O/c1-6-20-17(22-13-16(23-5)18(2,3)4)21-12-15-9-7-14(11-19)8-10-15/h7-10,16H,6,12-13H2,1-5H3,(H2,20,21,22). The highest BCUT2D eigenvalue weighted by molar-refractivity contribution is 5.79. The van der Waals surface area contributed by atoms with Crippen LogP contribution >= 0.6 is 0 Å². The maximum Gasteiger partial charge on any atom is 0.191 e. The van der Waals surface area contributed by atoms with Gasteiger partial charge in [0.05, 0.1) is 24.3 Å². The lowest BCUT2D eigenvalue weighted by atomic mass is 9.89. The Morgan fingerprint density at radius 3 is 2.39 bits per heavy atom. The van der Waals surface area contributed by atoms with E-state index in [1.54, 1.807) is 7.11 Å². The summed E-state index contributed by atoms with van der Waals surface area (Å²) in [7, 11) is 1.73. The average Bonchev–Trinajstić information content (AvgIpc) is 2.52. The van der Waals surface area contributed by atoms with Gasteiger partial charge in [-0.2, -0.15) is 5.26 Å². The molecule has 0 aliphatic carbocycles. The number of ether oxygens (including phenoxy) is 1. The largest absolute Gasteiger partial charge is 0.379 e. The van der Waals surface area contributed by atoms with Gasteiger partial charge in [0.25, 0.3) is 0 Å². The van der Waals surface area contributed by atoms with Crippen molar-refractivity contribution < 1.29 is 4.74 Å². The number of nitrogens with one attached hydrogen (secondary N) is 2. The van der Waals surface area contributed by atoms with Gasteiger partial charge < -0.3 is 15.4 Å². The van der Waals surface area contributed by atoms with Crippen molar-refractivity contribution in [2.75, 3.05) is 20.2 Å². The molecule has 0 aromatic heterocycles. The molecule has 0 heterocycles. The number of rotatable bonds is 6. The van der Waals surface area contributed by atoms with Gasteiger partial charge in [-0.05, 0) is 30.0 Å². The molecule has 0 spiro atoms. The Labute approximate surface area is 139 Å². The van der Waals surface area contributed by atoms with E-state index in [0.29, 0.717) is 18.7 Å². The maximum absolute atomic E-state index is 8.82. The minimum atomic E-state index is 0.0617. The molecule has 1 rings (SSSR count). The lowest BCUT2D eigenvalue weighted by Crippen LogP contribution is -2.45. The molecule has 0 aliphatic heterocycles. The predicted octanol–water partition coefficient (Wildman–Crippen LogP) is 2.67. The molecule has 1 aromatic rings. The van der Waals surface area contributed by atoms with Gasteiger partial charge in [-0.3, -0.25) is 0 Å². The summed E-state index contributed by atoms with van der Waals surface area (Å²) in [6.45, 7) is 10.6. The van der Waals surface area contributed by atoms with E-state index in [2.05, 4.69) is 42.5 Å². The van der Waals surface area contributed by atoms with Crippen LogP contribution < -0.4 is 10.6 Å². The van der Waals surface area contributed by atoms with Crippen LogP contribution in [0.1, 0.15) is 38.8 Å². The Kier molecular flexibility index (Phi) is 7.56. The van der Waals surface area contributed by atoms with Crippen LogP contribution in [-0.4, -0.2) is 32.3 Å². The molecule has 0 radical (unpaired) electrons. The topological polar surface area (TPSA) is 69.4 Å². The molecule has 0 saturated carbocycles. The fraction of sp³-hybridized carbons (Fsp3) is 0.556. The molecule has 2 N–H and O–H groups in total. The first kappa shape index (κ1) is 19.0. The normalized spacial score (nSPS) is 13.3. The molecule has 5 heteroatoms. The molecule has 23 heavy (non-hydrogen) atoms. The van der Waals surface area contributed by atoms with Crippen LogP contribution in [0.15, 0.2) is 29.3 Å². The van der Waals surface area contributed by atoms with Gasteiger partial charge in [0.1, 0.15) is 0 Å². The first-order valence-corrected chi connectivity index (χ1v) is 7.94. The van der Waals surface area contributed by atoms with Crippen LogP contribution in [0.25, 0.3) is 0 Å². The third-order valence-electron chi connectivity index (χ3n) is 3.55. The quantitative estimate of drug-likeness (QED) is 0.625. The third-order valence-corrected chi connectivity index (χ3v) is 3.55. The Morgan fingerprint density at radius 1 is 1.26 bits per heavy atom.